The predicted molar refractivity (Wildman–Crippen MR) is 69.9 cm³/mol. The molecule has 17 heavy (non-hydrogen) atoms. The Morgan fingerprint density at radius 1 is 1.29 bits per heavy atom. The van der Waals surface area contributed by atoms with E-state index in [9.17, 15) is 4.39 Å². The summed E-state index contributed by atoms with van der Waals surface area (Å²) in [7, 11) is 0. The highest BCUT2D eigenvalue weighted by atomic mass is 19.1. The lowest BCUT2D eigenvalue weighted by molar-refractivity contribution is 0.441. The van der Waals surface area contributed by atoms with Crippen LogP contribution in [0.25, 0.3) is 0 Å². The normalized spacial score (nSPS) is 13.0. The molecule has 0 heterocycles. The third-order valence-corrected chi connectivity index (χ3v) is 2.94. The predicted octanol–water partition coefficient (Wildman–Crippen LogP) is 3.03. The van der Waals surface area contributed by atoms with Gasteiger partial charge in [-0.1, -0.05) is 38.8 Å². The largest absolute Gasteiger partial charge is 0.271 e. The molecule has 1 unspecified atom stereocenters. The van der Waals surface area contributed by atoms with Crippen molar-refractivity contribution in [1.82, 2.24) is 5.43 Å². The molecule has 0 aliphatic heterocycles. The van der Waals surface area contributed by atoms with E-state index in [1.165, 1.54) is 12.5 Å². The standard InChI is InChI=1S/C14H23FN2/c1-11(2)5-3-8-14(17-16)10-12-6-4-7-13(15)9-12/h4,6-7,9,11,14,17H,3,5,8,10,16H2,1-2H3. The molecular weight excluding hydrogens is 215 g/mol. The molecule has 1 rings (SSSR count). The van der Waals surface area contributed by atoms with Crippen molar-refractivity contribution in [1.29, 1.82) is 0 Å². The maximum atomic E-state index is 13.0. The molecule has 96 valence electrons. The molecule has 0 saturated carbocycles. The molecule has 0 saturated heterocycles. The van der Waals surface area contributed by atoms with E-state index >= 15 is 0 Å². The molecule has 3 heteroatoms. The molecule has 0 fully saturated rings. The number of nitrogens with one attached hydrogen (secondary N) is 1. The van der Waals surface area contributed by atoms with E-state index < -0.39 is 0 Å². The Kier molecular flexibility index (Phi) is 6.16. The van der Waals surface area contributed by atoms with Crippen LogP contribution in [0.3, 0.4) is 0 Å². The summed E-state index contributed by atoms with van der Waals surface area (Å²) >= 11 is 0. The van der Waals surface area contributed by atoms with Gasteiger partial charge in [-0.2, -0.15) is 0 Å². The molecule has 0 amide bonds. The Balaban J connectivity index is 2.41. The van der Waals surface area contributed by atoms with Gasteiger partial charge in [0, 0.05) is 6.04 Å². The van der Waals surface area contributed by atoms with Crippen molar-refractivity contribution < 1.29 is 4.39 Å². The van der Waals surface area contributed by atoms with E-state index in [1.54, 1.807) is 12.1 Å². The minimum absolute atomic E-state index is 0.180. The van der Waals surface area contributed by atoms with Gasteiger partial charge in [-0.15, -0.1) is 0 Å². The van der Waals surface area contributed by atoms with Gasteiger partial charge in [0.1, 0.15) is 5.82 Å². The van der Waals surface area contributed by atoms with Gasteiger partial charge in [0.15, 0.2) is 0 Å². The van der Waals surface area contributed by atoms with Crippen molar-refractivity contribution in [2.24, 2.45) is 11.8 Å². The third kappa shape index (κ3) is 5.80. The third-order valence-electron chi connectivity index (χ3n) is 2.94. The van der Waals surface area contributed by atoms with E-state index in [4.69, 9.17) is 5.84 Å². The van der Waals surface area contributed by atoms with Gasteiger partial charge in [0.05, 0.1) is 0 Å². The molecule has 0 spiro atoms. The van der Waals surface area contributed by atoms with E-state index in [1.807, 2.05) is 6.07 Å². The average Bonchev–Trinajstić information content (AvgIpc) is 2.27. The van der Waals surface area contributed by atoms with E-state index in [0.717, 1.165) is 30.7 Å². The molecule has 1 aromatic rings. The van der Waals surface area contributed by atoms with Gasteiger partial charge in [-0.3, -0.25) is 11.3 Å². The summed E-state index contributed by atoms with van der Waals surface area (Å²) in [5, 5.41) is 0. The summed E-state index contributed by atoms with van der Waals surface area (Å²) in [5.41, 5.74) is 3.82. The molecule has 1 atom stereocenters. The van der Waals surface area contributed by atoms with E-state index in [2.05, 4.69) is 19.3 Å². The molecule has 3 N–H and O–H groups in total. The summed E-state index contributed by atoms with van der Waals surface area (Å²) in [6, 6.07) is 6.96. The smallest absolute Gasteiger partial charge is 0.123 e. The first-order valence-electron chi connectivity index (χ1n) is 6.32. The Morgan fingerprint density at radius 3 is 2.65 bits per heavy atom. The zero-order chi connectivity index (χ0) is 12.7. The van der Waals surface area contributed by atoms with Crippen LogP contribution < -0.4 is 11.3 Å². The number of halogens is 1. The first-order valence-corrected chi connectivity index (χ1v) is 6.32. The fourth-order valence-electron chi connectivity index (χ4n) is 1.97. The fraction of sp³-hybridized carbons (Fsp3) is 0.571. The summed E-state index contributed by atoms with van der Waals surface area (Å²) in [6.45, 7) is 4.44. The van der Waals surface area contributed by atoms with Crippen molar-refractivity contribution in [3.05, 3.63) is 35.6 Å². The Bertz CT molecular complexity index is 326. The van der Waals surface area contributed by atoms with Crippen LogP contribution in [0.1, 0.15) is 38.7 Å². The van der Waals surface area contributed by atoms with Crippen molar-refractivity contribution in [2.75, 3.05) is 0 Å². The maximum Gasteiger partial charge on any atom is 0.123 e. The number of hydrazine groups is 1. The van der Waals surface area contributed by atoms with E-state index in [-0.39, 0.29) is 11.9 Å². The second kappa shape index (κ2) is 7.41. The molecule has 0 aliphatic carbocycles. The Labute approximate surface area is 103 Å². The second-order valence-electron chi connectivity index (χ2n) is 5.02. The Hall–Kier alpha value is -0.930. The lowest BCUT2D eigenvalue weighted by Crippen LogP contribution is -2.36. The topological polar surface area (TPSA) is 38.0 Å². The van der Waals surface area contributed by atoms with Gasteiger partial charge < -0.3 is 0 Å². The molecule has 0 aliphatic rings. The minimum atomic E-state index is -0.180. The lowest BCUT2D eigenvalue weighted by atomic mass is 9.98. The summed E-state index contributed by atoms with van der Waals surface area (Å²) in [6.07, 6.45) is 4.18. The maximum absolute atomic E-state index is 13.0. The molecule has 1 aromatic carbocycles. The van der Waals surface area contributed by atoms with Gasteiger partial charge in [0.25, 0.3) is 0 Å². The van der Waals surface area contributed by atoms with Crippen LogP contribution in [-0.4, -0.2) is 6.04 Å². The highest BCUT2D eigenvalue weighted by molar-refractivity contribution is 5.17. The van der Waals surface area contributed by atoms with Crippen LogP contribution in [0.5, 0.6) is 0 Å². The SMILES string of the molecule is CC(C)CCCC(Cc1cccc(F)c1)NN. The van der Waals surface area contributed by atoms with Crippen LogP contribution in [0.2, 0.25) is 0 Å². The van der Waals surface area contributed by atoms with Crippen LogP contribution in [0, 0.1) is 11.7 Å². The molecular formula is C14H23FN2. The summed E-state index contributed by atoms with van der Waals surface area (Å²) < 4.78 is 13.0. The number of rotatable bonds is 7. The van der Waals surface area contributed by atoms with Crippen molar-refractivity contribution >= 4 is 0 Å². The highest BCUT2D eigenvalue weighted by Crippen LogP contribution is 2.12. The highest BCUT2D eigenvalue weighted by Gasteiger charge is 2.08. The first-order chi connectivity index (χ1) is 8.11. The summed E-state index contributed by atoms with van der Waals surface area (Å²) in [5.74, 6) is 6.08. The second-order valence-corrected chi connectivity index (χ2v) is 5.02. The zero-order valence-corrected chi connectivity index (χ0v) is 10.7. The van der Waals surface area contributed by atoms with Crippen LogP contribution >= 0.6 is 0 Å². The first kappa shape index (κ1) is 14.1. The molecule has 0 aromatic heterocycles. The van der Waals surface area contributed by atoms with Crippen LogP contribution in [0.15, 0.2) is 24.3 Å². The van der Waals surface area contributed by atoms with Crippen molar-refractivity contribution in [3.63, 3.8) is 0 Å². The number of hydrogen-bond donors (Lipinski definition) is 2. The van der Waals surface area contributed by atoms with Crippen molar-refractivity contribution in [3.8, 4) is 0 Å². The number of nitrogens with two attached hydrogens (primary N) is 1. The zero-order valence-electron chi connectivity index (χ0n) is 10.7. The van der Waals surface area contributed by atoms with Gasteiger partial charge in [-0.25, -0.2) is 4.39 Å². The van der Waals surface area contributed by atoms with Crippen molar-refractivity contribution in [2.45, 2.75) is 45.6 Å². The van der Waals surface area contributed by atoms with Gasteiger partial charge in [0.2, 0.25) is 0 Å². The van der Waals surface area contributed by atoms with E-state index in [0.29, 0.717) is 0 Å². The summed E-state index contributed by atoms with van der Waals surface area (Å²) in [4.78, 5) is 0. The monoisotopic (exact) mass is 238 g/mol. The van der Waals surface area contributed by atoms with Crippen LogP contribution in [-0.2, 0) is 6.42 Å². The van der Waals surface area contributed by atoms with Gasteiger partial charge in [-0.05, 0) is 36.5 Å². The minimum Gasteiger partial charge on any atom is -0.271 e. The quantitative estimate of drug-likeness (QED) is 0.566. The number of hydrogen-bond acceptors (Lipinski definition) is 2. The average molecular weight is 238 g/mol. The Morgan fingerprint density at radius 2 is 2.06 bits per heavy atom. The van der Waals surface area contributed by atoms with Gasteiger partial charge >= 0.3 is 0 Å². The molecule has 0 radical (unpaired) electrons. The molecule has 0 bridgehead atoms. The lowest BCUT2D eigenvalue weighted by Gasteiger charge is -2.16. The number of benzene rings is 1. The molecule has 2 nitrogen and oxygen atoms in total. The van der Waals surface area contributed by atoms with Crippen LogP contribution in [0.4, 0.5) is 4.39 Å². The fourth-order valence-corrected chi connectivity index (χ4v) is 1.97.